The average Bonchev–Trinajstić information content (AvgIpc) is 2.92. The summed E-state index contributed by atoms with van der Waals surface area (Å²) in [4.78, 5) is 24.0. The lowest BCUT2D eigenvalue weighted by molar-refractivity contribution is -0.133. The smallest absolute Gasteiger partial charge is 0.315 e. The first-order valence-corrected chi connectivity index (χ1v) is 7.21. The molecule has 0 atom stereocenters. The molecule has 0 bridgehead atoms. The highest BCUT2D eigenvalue weighted by Gasteiger charge is 2.18. The molecule has 0 saturated carbocycles. The van der Waals surface area contributed by atoms with Crippen LogP contribution in [-0.2, 0) is 22.4 Å². The van der Waals surface area contributed by atoms with E-state index in [1.807, 2.05) is 32.0 Å². The molecule has 0 aliphatic heterocycles. The van der Waals surface area contributed by atoms with Gasteiger partial charge in [0.1, 0.15) is 5.76 Å². The van der Waals surface area contributed by atoms with Crippen LogP contribution in [0.25, 0.3) is 0 Å². The van der Waals surface area contributed by atoms with Gasteiger partial charge in [0.15, 0.2) is 5.82 Å². The molecular weight excluding hydrogens is 282 g/mol. The van der Waals surface area contributed by atoms with Crippen molar-refractivity contribution in [3.63, 3.8) is 0 Å². The molecule has 116 valence electrons. The molecule has 22 heavy (non-hydrogen) atoms. The standard InChI is InChI=1S/C16H19N3O3/c1-4-11-7-6-8-12(5-2)14(11)18-16(21)15(20)17-13-9-10(3)22-19-13/h6-9H,4-5H2,1-3H3,(H,18,21)(H,17,19,20). The quantitative estimate of drug-likeness (QED) is 0.850. The highest BCUT2D eigenvalue weighted by Crippen LogP contribution is 2.22. The van der Waals surface area contributed by atoms with Crippen LogP contribution in [0.4, 0.5) is 11.5 Å². The molecule has 0 radical (unpaired) electrons. The highest BCUT2D eigenvalue weighted by atomic mass is 16.5. The topological polar surface area (TPSA) is 84.2 Å². The number of aryl methyl sites for hydroxylation is 3. The van der Waals surface area contributed by atoms with Gasteiger partial charge in [0.05, 0.1) is 0 Å². The van der Waals surface area contributed by atoms with E-state index >= 15 is 0 Å². The van der Waals surface area contributed by atoms with Crippen LogP contribution >= 0.6 is 0 Å². The maximum absolute atomic E-state index is 12.1. The fraction of sp³-hybridized carbons (Fsp3) is 0.312. The minimum Gasteiger partial charge on any atom is -0.360 e. The van der Waals surface area contributed by atoms with E-state index in [1.165, 1.54) is 0 Å². The highest BCUT2D eigenvalue weighted by molar-refractivity contribution is 6.43. The Kier molecular flexibility index (Phi) is 4.93. The van der Waals surface area contributed by atoms with Crippen LogP contribution in [0.1, 0.15) is 30.7 Å². The van der Waals surface area contributed by atoms with Crippen molar-refractivity contribution in [2.24, 2.45) is 0 Å². The molecule has 0 spiro atoms. The minimum absolute atomic E-state index is 0.220. The maximum Gasteiger partial charge on any atom is 0.315 e. The molecule has 2 N–H and O–H groups in total. The fourth-order valence-corrected chi connectivity index (χ4v) is 2.17. The van der Waals surface area contributed by atoms with Crippen molar-refractivity contribution in [2.45, 2.75) is 33.6 Å². The number of para-hydroxylation sites is 1. The minimum atomic E-state index is -0.777. The van der Waals surface area contributed by atoms with E-state index in [4.69, 9.17) is 4.52 Å². The zero-order valence-electron chi connectivity index (χ0n) is 12.9. The molecule has 6 nitrogen and oxygen atoms in total. The first kappa shape index (κ1) is 15.8. The van der Waals surface area contributed by atoms with Gasteiger partial charge in [0.25, 0.3) is 0 Å². The Morgan fingerprint density at radius 1 is 1.09 bits per heavy atom. The normalized spacial score (nSPS) is 10.3. The van der Waals surface area contributed by atoms with Crippen molar-refractivity contribution >= 4 is 23.3 Å². The second-order valence-corrected chi connectivity index (χ2v) is 4.89. The molecule has 0 saturated heterocycles. The summed E-state index contributed by atoms with van der Waals surface area (Å²) in [5.41, 5.74) is 2.71. The Hall–Kier alpha value is -2.63. The Morgan fingerprint density at radius 3 is 2.18 bits per heavy atom. The molecule has 2 amide bonds. The van der Waals surface area contributed by atoms with Gasteiger partial charge >= 0.3 is 11.8 Å². The van der Waals surface area contributed by atoms with Gasteiger partial charge in [-0.2, -0.15) is 0 Å². The molecule has 1 aromatic heterocycles. The predicted octanol–water partition coefficient (Wildman–Crippen LogP) is 2.69. The van der Waals surface area contributed by atoms with E-state index in [0.29, 0.717) is 11.4 Å². The second kappa shape index (κ2) is 6.89. The van der Waals surface area contributed by atoms with Crippen LogP contribution in [0, 0.1) is 6.92 Å². The number of anilines is 2. The number of benzene rings is 1. The van der Waals surface area contributed by atoms with Gasteiger partial charge in [-0.3, -0.25) is 14.9 Å². The Labute approximate surface area is 128 Å². The zero-order valence-corrected chi connectivity index (χ0v) is 12.9. The molecule has 0 aliphatic carbocycles. The molecule has 0 unspecified atom stereocenters. The first-order chi connectivity index (χ1) is 10.5. The summed E-state index contributed by atoms with van der Waals surface area (Å²) in [5, 5.41) is 8.73. The van der Waals surface area contributed by atoms with Gasteiger partial charge in [-0.1, -0.05) is 37.2 Å². The monoisotopic (exact) mass is 301 g/mol. The number of amides is 2. The van der Waals surface area contributed by atoms with E-state index < -0.39 is 11.8 Å². The van der Waals surface area contributed by atoms with Gasteiger partial charge in [-0.25, -0.2) is 0 Å². The van der Waals surface area contributed by atoms with Crippen molar-refractivity contribution in [1.82, 2.24) is 5.16 Å². The van der Waals surface area contributed by atoms with E-state index in [2.05, 4.69) is 15.8 Å². The lowest BCUT2D eigenvalue weighted by atomic mass is 10.0. The summed E-state index contributed by atoms with van der Waals surface area (Å²) in [5.74, 6) is -0.727. The van der Waals surface area contributed by atoms with E-state index in [-0.39, 0.29) is 5.82 Å². The maximum atomic E-state index is 12.1. The average molecular weight is 301 g/mol. The number of hydrogen-bond acceptors (Lipinski definition) is 4. The van der Waals surface area contributed by atoms with Crippen LogP contribution in [0.5, 0.6) is 0 Å². The van der Waals surface area contributed by atoms with Crippen molar-refractivity contribution in [1.29, 1.82) is 0 Å². The van der Waals surface area contributed by atoms with Crippen LogP contribution in [0.3, 0.4) is 0 Å². The molecule has 2 rings (SSSR count). The summed E-state index contributed by atoms with van der Waals surface area (Å²) in [6, 6.07) is 7.37. The van der Waals surface area contributed by atoms with Gasteiger partial charge in [-0.05, 0) is 30.9 Å². The number of aromatic nitrogens is 1. The molecule has 0 fully saturated rings. The van der Waals surface area contributed by atoms with Crippen molar-refractivity contribution in [2.75, 3.05) is 10.6 Å². The van der Waals surface area contributed by atoms with Crippen molar-refractivity contribution < 1.29 is 14.1 Å². The predicted molar refractivity (Wildman–Crippen MR) is 83.7 cm³/mol. The first-order valence-electron chi connectivity index (χ1n) is 7.21. The lowest BCUT2D eigenvalue weighted by Crippen LogP contribution is -2.30. The lowest BCUT2D eigenvalue weighted by Gasteiger charge is -2.13. The number of rotatable bonds is 4. The second-order valence-electron chi connectivity index (χ2n) is 4.89. The Morgan fingerprint density at radius 2 is 1.68 bits per heavy atom. The number of hydrogen-bond donors (Lipinski definition) is 2. The third-order valence-corrected chi connectivity index (χ3v) is 3.31. The summed E-state index contributed by atoms with van der Waals surface area (Å²) < 4.78 is 4.84. The summed E-state index contributed by atoms with van der Waals surface area (Å²) >= 11 is 0. The van der Waals surface area contributed by atoms with Crippen molar-refractivity contribution in [3.8, 4) is 0 Å². The van der Waals surface area contributed by atoms with Crippen LogP contribution in [0.15, 0.2) is 28.8 Å². The molecule has 1 aromatic carbocycles. The number of carbonyl (C=O) groups excluding carboxylic acids is 2. The summed E-state index contributed by atoms with van der Waals surface area (Å²) in [7, 11) is 0. The molecule has 0 aliphatic rings. The van der Waals surface area contributed by atoms with Crippen LogP contribution < -0.4 is 10.6 Å². The molecule has 1 heterocycles. The fourth-order valence-electron chi connectivity index (χ4n) is 2.17. The number of nitrogens with one attached hydrogen (secondary N) is 2. The Bertz CT molecular complexity index is 669. The number of carbonyl (C=O) groups is 2. The van der Waals surface area contributed by atoms with E-state index in [9.17, 15) is 9.59 Å². The van der Waals surface area contributed by atoms with Gasteiger partial charge in [0.2, 0.25) is 0 Å². The van der Waals surface area contributed by atoms with Crippen LogP contribution in [0.2, 0.25) is 0 Å². The largest absolute Gasteiger partial charge is 0.360 e. The third kappa shape index (κ3) is 3.52. The summed E-state index contributed by atoms with van der Waals surface area (Å²) in [6.07, 6.45) is 1.54. The van der Waals surface area contributed by atoms with Gasteiger partial charge in [-0.15, -0.1) is 0 Å². The van der Waals surface area contributed by atoms with E-state index in [0.717, 1.165) is 24.0 Å². The Balaban J connectivity index is 2.13. The van der Waals surface area contributed by atoms with Gasteiger partial charge in [0, 0.05) is 11.8 Å². The number of nitrogens with zero attached hydrogens (tertiary/aromatic N) is 1. The van der Waals surface area contributed by atoms with Gasteiger partial charge < -0.3 is 9.84 Å². The third-order valence-electron chi connectivity index (χ3n) is 3.31. The molecule has 6 heteroatoms. The molecule has 2 aromatic rings. The van der Waals surface area contributed by atoms with Crippen molar-refractivity contribution in [3.05, 3.63) is 41.2 Å². The SMILES string of the molecule is CCc1cccc(CC)c1NC(=O)C(=O)Nc1cc(C)on1. The van der Waals surface area contributed by atoms with E-state index in [1.54, 1.807) is 13.0 Å². The van der Waals surface area contributed by atoms with Crippen LogP contribution in [-0.4, -0.2) is 17.0 Å². The summed E-state index contributed by atoms with van der Waals surface area (Å²) in [6.45, 7) is 5.71. The molecular formula is C16H19N3O3. The zero-order chi connectivity index (χ0) is 16.1.